The molecule has 0 radical (unpaired) electrons. The molecule has 0 fully saturated rings. The first-order valence-corrected chi connectivity index (χ1v) is 7.23. The molecule has 6 nitrogen and oxygen atoms in total. The number of hydrogen-bond acceptors (Lipinski definition) is 5. The highest BCUT2D eigenvalue weighted by Gasteiger charge is 2.08. The predicted molar refractivity (Wildman–Crippen MR) is 79.2 cm³/mol. The van der Waals surface area contributed by atoms with E-state index in [2.05, 4.69) is 24.3 Å². The van der Waals surface area contributed by atoms with Crippen molar-refractivity contribution in [3.63, 3.8) is 0 Å². The summed E-state index contributed by atoms with van der Waals surface area (Å²) in [6.45, 7) is 8.90. The number of unbranched alkanes of at least 4 members (excludes halogenated alkanes) is 2. The standard InChI is InChI=1S/C13H28N4O2/c1-4-6-7-9-14-10-8-13(3)16(5-2)15-11-12-17(18)19/h11,13-14H,4-10,12H2,1-3H3/b15-11-. The van der Waals surface area contributed by atoms with E-state index in [0.717, 1.165) is 26.1 Å². The Balaban J connectivity index is 3.78. The van der Waals surface area contributed by atoms with E-state index in [1.165, 1.54) is 25.5 Å². The van der Waals surface area contributed by atoms with Crippen LogP contribution in [-0.4, -0.2) is 48.4 Å². The summed E-state index contributed by atoms with van der Waals surface area (Å²) in [7, 11) is 0. The van der Waals surface area contributed by atoms with Gasteiger partial charge >= 0.3 is 0 Å². The van der Waals surface area contributed by atoms with Gasteiger partial charge in [-0.05, 0) is 39.8 Å². The van der Waals surface area contributed by atoms with Crippen molar-refractivity contribution in [3.8, 4) is 0 Å². The van der Waals surface area contributed by atoms with Gasteiger partial charge in [0.15, 0.2) is 0 Å². The highest BCUT2D eigenvalue weighted by molar-refractivity contribution is 5.57. The van der Waals surface area contributed by atoms with E-state index in [9.17, 15) is 10.1 Å². The summed E-state index contributed by atoms with van der Waals surface area (Å²) in [5.74, 6) is 0. The molecule has 6 heteroatoms. The van der Waals surface area contributed by atoms with Crippen LogP contribution in [0.5, 0.6) is 0 Å². The van der Waals surface area contributed by atoms with Gasteiger partial charge in [-0.1, -0.05) is 19.8 Å². The summed E-state index contributed by atoms with van der Waals surface area (Å²) in [4.78, 5) is 9.84. The molecule has 0 aromatic rings. The predicted octanol–water partition coefficient (Wildman–Crippen LogP) is 2.13. The summed E-state index contributed by atoms with van der Waals surface area (Å²) >= 11 is 0. The Labute approximate surface area is 116 Å². The molecule has 19 heavy (non-hydrogen) atoms. The molecule has 112 valence electrons. The Hall–Kier alpha value is -1.17. The van der Waals surface area contributed by atoms with Crippen LogP contribution in [0.25, 0.3) is 0 Å². The number of nitrogens with one attached hydrogen (secondary N) is 1. The Morgan fingerprint density at radius 3 is 2.68 bits per heavy atom. The summed E-state index contributed by atoms with van der Waals surface area (Å²) in [6.07, 6.45) is 6.11. The van der Waals surface area contributed by atoms with Crippen LogP contribution in [0.15, 0.2) is 5.10 Å². The van der Waals surface area contributed by atoms with Crippen LogP contribution in [0.2, 0.25) is 0 Å². The summed E-state index contributed by atoms with van der Waals surface area (Å²) < 4.78 is 0. The molecule has 0 saturated heterocycles. The molecular formula is C13H28N4O2. The van der Waals surface area contributed by atoms with Crippen molar-refractivity contribution in [1.29, 1.82) is 0 Å². The minimum absolute atomic E-state index is 0.210. The lowest BCUT2D eigenvalue weighted by molar-refractivity contribution is -0.462. The third-order valence-electron chi connectivity index (χ3n) is 2.99. The quantitative estimate of drug-likeness (QED) is 0.256. The average molecular weight is 272 g/mol. The first kappa shape index (κ1) is 17.8. The van der Waals surface area contributed by atoms with E-state index >= 15 is 0 Å². The zero-order valence-corrected chi connectivity index (χ0v) is 12.5. The number of nitrogens with zero attached hydrogens (tertiary/aromatic N) is 3. The molecule has 0 bridgehead atoms. The van der Waals surface area contributed by atoms with Gasteiger partial charge in [0.05, 0.1) is 6.21 Å². The highest BCUT2D eigenvalue weighted by Crippen LogP contribution is 2.03. The zero-order chi connectivity index (χ0) is 14.5. The van der Waals surface area contributed by atoms with Crippen molar-refractivity contribution in [3.05, 3.63) is 10.1 Å². The topological polar surface area (TPSA) is 70.8 Å². The molecule has 0 spiro atoms. The van der Waals surface area contributed by atoms with Crippen molar-refractivity contribution in [2.45, 2.75) is 52.5 Å². The molecule has 1 atom stereocenters. The van der Waals surface area contributed by atoms with Crippen LogP contribution in [0, 0.1) is 10.1 Å². The Morgan fingerprint density at radius 1 is 1.37 bits per heavy atom. The van der Waals surface area contributed by atoms with E-state index in [1.54, 1.807) is 0 Å². The second kappa shape index (κ2) is 11.9. The molecule has 0 rings (SSSR count). The third kappa shape index (κ3) is 10.4. The maximum atomic E-state index is 10.2. The summed E-state index contributed by atoms with van der Waals surface area (Å²) in [5.41, 5.74) is 0. The van der Waals surface area contributed by atoms with Crippen LogP contribution < -0.4 is 5.32 Å². The Morgan fingerprint density at radius 2 is 2.11 bits per heavy atom. The Kier molecular flexibility index (Phi) is 11.2. The van der Waals surface area contributed by atoms with Crippen LogP contribution in [0.3, 0.4) is 0 Å². The maximum absolute atomic E-state index is 10.2. The van der Waals surface area contributed by atoms with Crippen molar-refractivity contribution >= 4 is 6.21 Å². The fourth-order valence-corrected chi connectivity index (χ4v) is 1.80. The van der Waals surface area contributed by atoms with Gasteiger partial charge in [0, 0.05) is 17.5 Å². The van der Waals surface area contributed by atoms with Gasteiger partial charge in [-0.25, -0.2) is 0 Å². The molecule has 0 aromatic carbocycles. The molecule has 0 saturated carbocycles. The van der Waals surface area contributed by atoms with Gasteiger partial charge in [-0.2, -0.15) is 5.10 Å². The normalized spacial score (nSPS) is 12.8. The van der Waals surface area contributed by atoms with E-state index in [-0.39, 0.29) is 11.5 Å². The van der Waals surface area contributed by atoms with Gasteiger partial charge < -0.3 is 5.32 Å². The van der Waals surface area contributed by atoms with Crippen LogP contribution >= 0.6 is 0 Å². The summed E-state index contributed by atoms with van der Waals surface area (Å²) in [6, 6.07) is 0.298. The van der Waals surface area contributed by atoms with E-state index in [1.807, 2.05) is 11.9 Å². The highest BCUT2D eigenvalue weighted by atomic mass is 16.6. The smallest absolute Gasteiger partial charge is 0.240 e. The lowest BCUT2D eigenvalue weighted by atomic mass is 10.2. The van der Waals surface area contributed by atoms with E-state index < -0.39 is 0 Å². The lowest BCUT2D eigenvalue weighted by Crippen LogP contribution is -2.32. The van der Waals surface area contributed by atoms with Crippen molar-refractivity contribution < 1.29 is 4.92 Å². The SMILES string of the molecule is CCCCCNCCC(C)N(CC)/N=C\C[N+](=O)[O-]. The fourth-order valence-electron chi connectivity index (χ4n) is 1.80. The third-order valence-corrected chi connectivity index (χ3v) is 2.99. The van der Waals surface area contributed by atoms with Crippen molar-refractivity contribution in [2.24, 2.45) is 5.10 Å². The van der Waals surface area contributed by atoms with Crippen molar-refractivity contribution in [2.75, 3.05) is 26.2 Å². The molecule has 0 amide bonds. The van der Waals surface area contributed by atoms with E-state index in [0.29, 0.717) is 6.04 Å². The second-order valence-corrected chi connectivity index (χ2v) is 4.66. The average Bonchev–Trinajstić information content (AvgIpc) is 2.38. The van der Waals surface area contributed by atoms with Gasteiger partial charge in [-0.15, -0.1) is 0 Å². The summed E-state index contributed by atoms with van der Waals surface area (Å²) in [5, 5.41) is 19.7. The fraction of sp³-hybridized carbons (Fsp3) is 0.923. The minimum Gasteiger partial charge on any atom is -0.317 e. The monoisotopic (exact) mass is 272 g/mol. The molecule has 0 aromatic heterocycles. The molecule has 0 aliphatic rings. The van der Waals surface area contributed by atoms with Crippen LogP contribution in [0.4, 0.5) is 0 Å². The number of hydrogen-bond donors (Lipinski definition) is 1. The van der Waals surface area contributed by atoms with Gasteiger partial charge in [0.2, 0.25) is 6.54 Å². The second-order valence-electron chi connectivity index (χ2n) is 4.66. The van der Waals surface area contributed by atoms with Crippen LogP contribution in [-0.2, 0) is 0 Å². The molecule has 1 unspecified atom stereocenters. The van der Waals surface area contributed by atoms with Crippen LogP contribution in [0.1, 0.15) is 46.5 Å². The van der Waals surface area contributed by atoms with E-state index in [4.69, 9.17) is 0 Å². The number of nitro groups is 1. The molecule has 0 heterocycles. The first-order chi connectivity index (χ1) is 9.11. The molecule has 0 aliphatic heterocycles. The number of hydrazone groups is 1. The Bertz CT molecular complexity index is 259. The van der Waals surface area contributed by atoms with Crippen molar-refractivity contribution in [1.82, 2.24) is 10.3 Å². The van der Waals surface area contributed by atoms with Gasteiger partial charge in [-0.3, -0.25) is 15.1 Å². The largest absolute Gasteiger partial charge is 0.317 e. The molecular weight excluding hydrogens is 244 g/mol. The first-order valence-electron chi connectivity index (χ1n) is 7.23. The molecule has 0 aliphatic carbocycles. The zero-order valence-electron chi connectivity index (χ0n) is 12.5. The van der Waals surface area contributed by atoms with Gasteiger partial charge in [0.1, 0.15) is 0 Å². The minimum atomic E-state index is -0.378. The molecule has 1 N–H and O–H groups in total. The van der Waals surface area contributed by atoms with Gasteiger partial charge in [0.25, 0.3) is 0 Å². The maximum Gasteiger partial charge on any atom is 0.240 e. The number of rotatable bonds is 12. The lowest BCUT2D eigenvalue weighted by Gasteiger charge is -2.24.